The predicted molar refractivity (Wildman–Crippen MR) is 150 cm³/mol. The number of allylic oxidation sites excluding steroid dienone is 1. The lowest BCUT2D eigenvalue weighted by molar-refractivity contribution is -0.0597. The van der Waals surface area contributed by atoms with Crippen LogP contribution in [0.2, 0.25) is 0 Å². The van der Waals surface area contributed by atoms with Crippen molar-refractivity contribution in [2.45, 2.75) is 111 Å². The van der Waals surface area contributed by atoms with Gasteiger partial charge in [-0.3, -0.25) is 0 Å². The summed E-state index contributed by atoms with van der Waals surface area (Å²) in [4.78, 5) is 12.4. The molecule has 3 saturated carbocycles. The number of halogens is 1. The first-order valence-corrected chi connectivity index (χ1v) is 15.4. The minimum atomic E-state index is -0.688. The minimum absolute atomic E-state index is 0.143. The highest BCUT2D eigenvalue weighted by Crippen LogP contribution is 2.67. The Balaban J connectivity index is 1.21. The van der Waals surface area contributed by atoms with Crippen molar-refractivity contribution in [3.8, 4) is 5.75 Å². The second kappa shape index (κ2) is 11.0. The molecule has 210 valence electrons. The molecule has 0 bridgehead atoms. The summed E-state index contributed by atoms with van der Waals surface area (Å²) in [6.07, 6.45) is 15.4. The monoisotopic (exact) mass is 524 g/mol. The second-order valence-electron chi connectivity index (χ2n) is 14.1. The molecule has 0 unspecified atom stereocenters. The molecule has 4 aliphatic rings. The van der Waals surface area contributed by atoms with Crippen LogP contribution < -0.4 is 4.74 Å². The average molecular weight is 525 g/mol. The topological polar surface area (TPSA) is 35.5 Å². The van der Waals surface area contributed by atoms with Gasteiger partial charge in [-0.1, -0.05) is 65.5 Å². The van der Waals surface area contributed by atoms with Crippen molar-refractivity contribution < 1.29 is 18.7 Å². The summed E-state index contributed by atoms with van der Waals surface area (Å²) in [5, 5.41) is 0. The molecule has 0 aliphatic heterocycles. The fraction of sp³-hybridized carbons (Fsp3) is 0.735. The van der Waals surface area contributed by atoms with Crippen molar-refractivity contribution >= 4 is 6.16 Å². The first-order chi connectivity index (χ1) is 18.1. The predicted octanol–water partition coefficient (Wildman–Crippen LogP) is 9.75. The van der Waals surface area contributed by atoms with Crippen LogP contribution in [0, 0.1) is 52.2 Å². The highest BCUT2D eigenvalue weighted by molar-refractivity contribution is 5.64. The van der Waals surface area contributed by atoms with E-state index >= 15 is 0 Å². The van der Waals surface area contributed by atoms with Crippen molar-refractivity contribution in [3.63, 3.8) is 0 Å². The van der Waals surface area contributed by atoms with Gasteiger partial charge >= 0.3 is 6.16 Å². The maximum Gasteiger partial charge on any atom is 0.514 e. The van der Waals surface area contributed by atoms with Gasteiger partial charge in [0.25, 0.3) is 0 Å². The van der Waals surface area contributed by atoms with E-state index in [9.17, 15) is 9.18 Å². The number of fused-ring (bicyclic) bond motifs is 5. The van der Waals surface area contributed by atoms with Crippen molar-refractivity contribution in [1.29, 1.82) is 0 Å². The minimum Gasteiger partial charge on any atom is -0.430 e. The van der Waals surface area contributed by atoms with Crippen LogP contribution in [-0.2, 0) is 4.74 Å². The summed E-state index contributed by atoms with van der Waals surface area (Å²) in [6.45, 7) is 12.4. The molecule has 4 heteroatoms. The van der Waals surface area contributed by atoms with Crippen LogP contribution in [0.4, 0.5) is 9.18 Å². The van der Waals surface area contributed by atoms with Crippen molar-refractivity contribution in [2.24, 2.45) is 46.3 Å². The molecule has 0 heterocycles. The highest BCUT2D eigenvalue weighted by Gasteiger charge is 2.59. The van der Waals surface area contributed by atoms with E-state index < -0.39 is 6.16 Å². The molecule has 1 aromatic rings. The summed E-state index contributed by atoms with van der Waals surface area (Å²) < 4.78 is 24.2. The van der Waals surface area contributed by atoms with Crippen LogP contribution in [-0.4, -0.2) is 12.3 Å². The molecule has 38 heavy (non-hydrogen) atoms. The standard InChI is InChI=1S/C34H49FO3/c1-22(2)7-6-8-23(3)29-15-16-30-28-14-9-24-21-27(38-32(36)37-26-12-10-25(35)11-13-26)17-19-33(24,4)31(28)18-20-34(29,30)5/h9-13,22-23,27-31H,6-8,14-21H2,1-5H3/t23-,27+,28+,29-,30+,31+,33+,34-/m1/s1. The first-order valence-electron chi connectivity index (χ1n) is 15.4. The zero-order valence-electron chi connectivity index (χ0n) is 24.3. The Bertz CT molecular complexity index is 1020. The van der Waals surface area contributed by atoms with E-state index in [4.69, 9.17) is 9.47 Å². The normalized spacial score (nSPS) is 37.0. The SMILES string of the molecule is CC(C)CCC[C@@H](C)[C@H]1CC[C@H]2[C@@H]3CC=C4C[C@@H](OC(=O)Oc5ccc(F)cc5)CC[C@]4(C)[C@H]3CC[C@]12C. The smallest absolute Gasteiger partial charge is 0.430 e. The largest absolute Gasteiger partial charge is 0.514 e. The lowest BCUT2D eigenvalue weighted by Gasteiger charge is -2.58. The maximum absolute atomic E-state index is 13.1. The Labute approximate surface area is 229 Å². The highest BCUT2D eigenvalue weighted by atomic mass is 19.1. The fourth-order valence-electron chi connectivity index (χ4n) is 9.51. The van der Waals surface area contributed by atoms with Crippen molar-refractivity contribution in [2.75, 3.05) is 0 Å². The summed E-state index contributed by atoms with van der Waals surface area (Å²) in [6, 6.07) is 5.48. The average Bonchev–Trinajstić information content (AvgIpc) is 3.23. The van der Waals surface area contributed by atoms with Crippen LogP contribution in [0.5, 0.6) is 5.75 Å². The van der Waals surface area contributed by atoms with Gasteiger partial charge in [0.05, 0.1) is 0 Å². The number of hydrogen-bond acceptors (Lipinski definition) is 3. The lowest BCUT2D eigenvalue weighted by Crippen LogP contribution is -2.51. The van der Waals surface area contributed by atoms with Gasteiger partial charge in [-0.15, -0.1) is 0 Å². The van der Waals surface area contributed by atoms with Gasteiger partial charge < -0.3 is 9.47 Å². The molecule has 3 nitrogen and oxygen atoms in total. The molecule has 0 saturated heterocycles. The number of rotatable bonds is 7. The molecule has 0 amide bonds. The van der Waals surface area contributed by atoms with Gasteiger partial charge in [-0.05, 0) is 116 Å². The Kier molecular flexibility index (Phi) is 8.00. The van der Waals surface area contributed by atoms with Gasteiger partial charge in [-0.2, -0.15) is 0 Å². The fourth-order valence-corrected chi connectivity index (χ4v) is 9.51. The van der Waals surface area contributed by atoms with E-state index in [2.05, 4.69) is 40.7 Å². The van der Waals surface area contributed by atoms with Crippen LogP contribution in [0.15, 0.2) is 35.9 Å². The van der Waals surface area contributed by atoms with E-state index in [1.165, 1.54) is 81.2 Å². The summed E-state index contributed by atoms with van der Waals surface area (Å²) in [5.74, 6) is 4.91. The maximum atomic E-state index is 13.1. The Hall–Kier alpha value is -1.84. The molecule has 1 aromatic carbocycles. The van der Waals surface area contributed by atoms with E-state index in [0.717, 1.165) is 54.8 Å². The van der Waals surface area contributed by atoms with Gasteiger partial charge in [-0.25, -0.2) is 9.18 Å². The number of benzene rings is 1. The molecule has 4 aliphatic carbocycles. The zero-order valence-corrected chi connectivity index (χ0v) is 24.3. The van der Waals surface area contributed by atoms with E-state index in [0.29, 0.717) is 11.2 Å². The van der Waals surface area contributed by atoms with Crippen LogP contribution in [0.25, 0.3) is 0 Å². The van der Waals surface area contributed by atoms with Crippen LogP contribution in [0.3, 0.4) is 0 Å². The third kappa shape index (κ3) is 5.30. The van der Waals surface area contributed by atoms with E-state index in [-0.39, 0.29) is 17.3 Å². The quantitative estimate of drug-likeness (QED) is 0.202. The molecular weight excluding hydrogens is 475 g/mol. The molecule has 0 radical (unpaired) electrons. The molecule has 0 N–H and O–H groups in total. The van der Waals surface area contributed by atoms with Gasteiger partial charge in [0.15, 0.2) is 0 Å². The van der Waals surface area contributed by atoms with E-state index in [1.807, 2.05) is 0 Å². The van der Waals surface area contributed by atoms with Crippen molar-refractivity contribution in [3.05, 3.63) is 41.7 Å². The molecule has 0 spiro atoms. The Morgan fingerprint density at radius 3 is 2.50 bits per heavy atom. The van der Waals surface area contributed by atoms with Crippen LogP contribution in [0.1, 0.15) is 105 Å². The second-order valence-corrected chi connectivity index (χ2v) is 14.1. The zero-order chi connectivity index (χ0) is 27.1. The molecular formula is C34H49FO3. The number of ether oxygens (including phenoxy) is 2. The summed E-state index contributed by atoms with van der Waals surface area (Å²) in [5.41, 5.74) is 2.24. The number of hydrogen-bond donors (Lipinski definition) is 0. The summed E-state index contributed by atoms with van der Waals surface area (Å²) in [7, 11) is 0. The van der Waals surface area contributed by atoms with Gasteiger partial charge in [0.1, 0.15) is 17.7 Å². The van der Waals surface area contributed by atoms with Gasteiger partial charge in [0, 0.05) is 6.42 Å². The Morgan fingerprint density at radius 2 is 1.76 bits per heavy atom. The lowest BCUT2D eigenvalue weighted by atomic mass is 9.47. The number of carbonyl (C=O) groups is 1. The summed E-state index contributed by atoms with van der Waals surface area (Å²) >= 11 is 0. The molecule has 5 rings (SSSR count). The van der Waals surface area contributed by atoms with Crippen LogP contribution >= 0.6 is 0 Å². The van der Waals surface area contributed by atoms with Crippen molar-refractivity contribution in [1.82, 2.24) is 0 Å². The molecule has 3 fully saturated rings. The Morgan fingerprint density at radius 1 is 1.00 bits per heavy atom. The van der Waals surface area contributed by atoms with Gasteiger partial charge in [0.2, 0.25) is 0 Å². The third-order valence-electron chi connectivity index (χ3n) is 11.5. The van der Waals surface area contributed by atoms with E-state index in [1.54, 1.807) is 0 Å². The first kappa shape index (κ1) is 27.7. The molecule has 8 atom stereocenters. The molecule has 0 aromatic heterocycles. The third-order valence-corrected chi connectivity index (χ3v) is 11.5. The number of carbonyl (C=O) groups excluding carboxylic acids is 1.